The average molecular weight is 286 g/mol. The molecule has 0 saturated heterocycles. The van der Waals surface area contributed by atoms with Crippen LogP contribution in [-0.2, 0) is 11.2 Å². The Bertz CT molecular complexity index is 646. The Hall–Kier alpha value is -2.56. The Labute approximate surface area is 123 Å². The molecule has 0 atom stereocenters. The molecule has 0 aliphatic carbocycles. The van der Waals surface area contributed by atoms with Crippen LogP contribution in [0.4, 0.5) is 5.69 Å². The molecule has 0 aliphatic heterocycles. The number of benzene rings is 1. The summed E-state index contributed by atoms with van der Waals surface area (Å²) in [6, 6.07) is 9.18. The monoisotopic (exact) mass is 286 g/mol. The molecule has 2 N–H and O–H groups in total. The number of carbonyl (C=O) groups excluding carboxylic acids is 2. The van der Waals surface area contributed by atoms with Crippen molar-refractivity contribution >= 4 is 17.5 Å². The van der Waals surface area contributed by atoms with Crippen molar-refractivity contribution in [2.75, 3.05) is 11.9 Å². The van der Waals surface area contributed by atoms with Gasteiger partial charge in [-0.2, -0.15) is 0 Å². The molecule has 0 unspecified atom stereocenters. The van der Waals surface area contributed by atoms with E-state index in [1.807, 2.05) is 31.2 Å². The van der Waals surface area contributed by atoms with Crippen molar-refractivity contribution in [2.45, 2.75) is 20.3 Å². The first-order valence-corrected chi connectivity index (χ1v) is 6.82. The summed E-state index contributed by atoms with van der Waals surface area (Å²) in [5, 5.41) is 5.37. The summed E-state index contributed by atoms with van der Waals surface area (Å²) in [5.41, 5.74) is 2.28. The predicted molar refractivity (Wildman–Crippen MR) is 80.2 cm³/mol. The van der Waals surface area contributed by atoms with E-state index in [1.54, 1.807) is 13.0 Å². The molecule has 5 heteroatoms. The normalized spacial score (nSPS) is 10.2. The first-order valence-electron chi connectivity index (χ1n) is 6.82. The largest absolute Gasteiger partial charge is 0.469 e. The van der Waals surface area contributed by atoms with E-state index in [1.165, 1.54) is 6.26 Å². The van der Waals surface area contributed by atoms with Crippen LogP contribution in [0, 0.1) is 6.92 Å². The van der Waals surface area contributed by atoms with Gasteiger partial charge in [-0.25, -0.2) is 0 Å². The van der Waals surface area contributed by atoms with E-state index in [2.05, 4.69) is 10.6 Å². The molecule has 5 nitrogen and oxygen atoms in total. The topological polar surface area (TPSA) is 71.3 Å². The van der Waals surface area contributed by atoms with Gasteiger partial charge in [-0.05, 0) is 31.0 Å². The van der Waals surface area contributed by atoms with Crippen molar-refractivity contribution in [2.24, 2.45) is 0 Å². The first kappa shape index (κ1) is 14.8. The third kappa shape index (κ3) is 3.72. The molecule has 1 heterocycles. The number of carbonyl (C=O) groups is 2. The number of hydrogen-bond acceptors (Lipinski definition) is 3. The van der Waals surface area contributed by atoms with Gasteiger partial charge in [0.05, 0.1) is 18.4 Å². The number of amides is 2. The van der Waals surface area contributed by atoms with Crippen LogP contribution in [-0.4, -0.2) is 18.4 Å². The van der Waals surface area contributed by atoms with Crippen molar-refractivity contribution in [1.29, 1.82) is 0 Å². The predicted octanol–water partition coefficient (Wildman–Crippen LogP) is 2.52. The van der Waals surface area contributed by atoms with E-state index in [0.717, 1.165) is 17.7 Å². The van der Waals surface area contributed by atoms with Crippen LogP contribution >= 0.6 is 0 Å². The number of aryl methyl sites for hydroxylation is 2. The lowest BCUT2D eigenvalue weighted by molar-refractivity contribution is -0.115. The van der Waals surface area contributed by atoms with Crippen LogP contribution in [0.15, 0.2) is 41.0 Å². The van der Waals surface area contributed by atoms with Gasteiger partial charge in [-0.3, -0.25) is 9.59 Å². The maximum atomic E-state index is 11.9. The van der Waals surface area contributed by atoms with Gasteiger partial charge >= 0.3 is 0 Å². The van der Waals surface area contributed by atoms with E-state index in [4.69, 9.17) is 4.42 Å². The fourth-order valence-electron chi connectivity index (χ4n) is 2.02. The van der Waals surface area contributed by atoms with Gasteiger partial charge in [0.2, 0.25) is 5.91 Å². The highest BCUT2D eigenvalue weighted by Crippen LogP contribution is 2.15. The SMILES string of the molecule is CCc1ccccc1NC(=O)CNC(=O)c1ccoc1C. The maximum absolute atomic E-state index is 11.9. The van der Waals surface area contributed by atoms with Crippen LogP contribution in [0.5, 0.6) is 0 Å². The highest BCUT2D eigenvalue weighted by atomic mass is 16.3. The number of nitrogens with one attached hydrogen (secondary N) is 2. The molecule has 0 fully saturated rings. The zero-order valence-corrected chi connectivity index (χ0v) is 12.1. The average Bonchev–Trinajstić information content (AvgIpc) is 2.91. The van der Waals surface area contributed by atoms with E-state index in [-0.39, 0.29) is 18.4 Å². The van der Waals surface area contributed by atoms with Crippen LogP contribution < -0.4 is 10.6 Å². The summed E-state index contributed by atoms with van der Waals surface area (Å²) in [6.07, 6.45) is 2.28. The number of furan rings is 1. The van der Waals surface area contributed by atoms with Crippen LogP contribution in [0.1, 0.15) is 28.6 Å². The van der Waals surface area contributed by atoms with Crippen molar-refractivity contribution < 1.29 is 14.0 Å². The van der Waals surface area contributed by atoms with Gasteiger partial charge in [-0.1, -0.05) is 25.1 Å². The second kappa shape index (κ2) is 6.74. The highest BCUT2D eigenvalue weighted by Gasteiger charge is 2.13. The third-order valence-corrected chi connectivity index (χ3v) is 3.19. The summed E-state index contributed by atoms with van der Waals surface area (Å²) < 4.78 is 5.06. The lowest BCUT2D eigenvalue weighted by Crippen LogP contribution is -2.33. The number of anilines is 1. The van der Waals surface area contributed by atoms with E-state index < -0.39 is 0 Å². The minimum absolute atomic E-state index is 0.0818. The maximum Gasteiger partial charge on any atom is 0.255 e. The molecule has 2 rings (SSSR count). The Morgan fingerprint density at radius 2 is 1.95 bits per heavy atom. The molecular formula is C16H18N2O3. The smallest absolute Gasteiger partial charge is 0.255 e. The fraction of sp³-hybridized carbons (Fsp3) is 0.250. The Kier molecular flexibility index (Phi) is 4.77. The molecule has 1 aromatic carbocycles. The number of rotatable bonds is 5. The summed E-state index contributed by atoms with van der Waals surface area (Å²) >= 11 is 0. The standard InChI is InChI=1S/C16H18N2O3/c1-3-12-6-4-5-7-14(12)18-15(19)10-17-16(20)13-8-9-21-11(13)2/h4-9H,3,10H2,1-2H3,(H,17,20)(H,18,19). The Morgan fingerprint density at radius 3 is 2.62 bits per heavy atom. The fourth-order valence-corrected chi connectivity index (χ4v) is 2.02. The summed E-state index contributed by atoms with van der Waals surface area (Å²) in [4.78, 5) is 23.7. The van der Waals surface area contributed by atoms with Crippen LogP contribution in [0.25, 0.3) is 0 Å². The molecule has 21 heavy (non-hydrogen) atoms. The molecular weight excluding hydrogens is 268 g/mol. The minimum atomic E-state index is -0.319. The van der Waals surface area contributed by atoms with Gasteiger partial charge in [0, 0.05) is 5.69 Å². The number of hydrogen-bond donors (Lipinski definition) is 2. The van der Waals surface area contributed by atoms with Crippen molar-refractivity contribution in [3.05, 3.63) is 53.5 Å². The third-order valence-electron chi connectivity index (χ3n) is 3.19. The second-order valence-electron chi connectivity index (χ2n) is 4.63. The summed E-state index contributed by atoms with van der Waals surface area (Å²) in [5.74, 6) is -0.0465. The second-order valence-corrected chi connectivity index (χ2v) is 4.63. The minimum Gasteiger partial charge on any atom is -0.469 e. The van der Waals surface area contributed by atoms with Gasteiger partial charge in [0.15, 0.2) is 0 Å². The number of para-hydroxylation sites is 1. The van der Waals surface area contributed by atoms with Gasteiger partial charge in [-0.15, -0.1) is 0 Å². The molecule has 0 saturated carbocycles. The highest BCUT2D eigenvalue weighted by molar-refractivity contribution is 6.00. The molecule has 0 radical (unpaired) electrons. The first-order chi connectivity index (χ1) is 10.1. The van der Waals surface area contributed by atoms with Crippen LogP contribution in [0.2, 0.25) is 0 Å². The molecule has 0 bridgehead atoms. The summed E-state index contributed by atoms with van der Waals surface area (Å²) in [6.45, 7) is 3.64. The van der Waals surface area contributed by atoms with Crippen molar-refractivity contribution in [3.63, 3.8) is 0 Å². The van der Waals surface area contributed by atoms with E-state index in [0.29, 0.717) is 11.3 Å². The molecule has 1 aromatic heterocycles. The summed E-state index contributed by atoms with van der Waals surface area (Å²) in [7, 11) is 0. The van der Waals surface area contributed by atoms with E-state index in [9.17, 15) is 9.59 Å². The Balaban J connectivity index is 1.91. The van der Waals surface area contributed by atoms with Gasteiger partial charge in [0.1, 0.15) is 5.76 Å². The lowest BCUT2D eigenvalue weighted by Gasteiger charge is -2.10. The van der Waals surface area contributed by atoms with Gasteiger partial charge in [0.25, 0.3) is 5.91 Å². The van der Waals surface area contributed by atoms with Gasteiger partial charge < -0.3 is 15.1 Å². The molecule has 0 aliphatic rings. The van der Waals surface area contributed by atoms with Crippen LogP contribution in [0.3, 0.4) is 0 Å². The lowest BCUT2D eigenvalue weighted by atomic mass is 10.1. The Morgan fingerprint density at radius 1 is 1.19 bits per heavy atom. The molecule has 0 spiro atoms. The molecule has 2 amide bonds. The van der Waals surface area contributed by atoms with E-state index >= 15 is 0 Å². The van der Waals surface area contributed by atoms with Crippen molar-refractivity contribution in [3.8, 4) is 0 Å². The zero-order chi connectivity index (χ0) is 15.2. The molecule has 2 aromatic rings. The zero-order valence-electron chi connectivity index (χ0n) is 12.1. The van der Waals surface area contributed by atoms with Crippen molar-refractivity contribution in [1.82, 2.24) is 5.32 Å². The molecule has 110 valence electrons. The quantitative estimate of drug-likeness (QED) is 0.887.